The fourth-order valence-electron chi connectivity index (χ4n) is 4.84. The topological polar surface area (TPSA) is 91.3 Å². The number of likely N-dealkylation sites (tertiary alicyclic amines) is 2. The lowest BCUT2D eigenvalue weighted by molar-refractivity contribution is 0.0553. The van der Waals surface area contributed by atoms with Crippen LogP contribution in [0.25, 0.3) is 22.2 Å². The van der Waals surface area contributed by atoms with E-state index < -0.39 is 0 Å². The highest BCUT2D eigenvalue weighted by Gasteiger charge is 2.35. The van der Waals surface area contributed by atoms with E-state index in [0.717, 1.165) is 35.1 Å². The number of carbonyl (C=O) groups excluding carboxylic acids is 2. The molecule has 176 valence electrons. The van der Waals surface area contributed by atoms with Crippen molar-refractivity contribution in [2.45, 2.75) is 18.5 Å². The van der Waals surface area contributed by atoms with Crippen molar-refractivity contribution in [3.63, 3.8) is 0 Å². The molecule has 9 heteroatoms. The zero-order valence-electron chi connectivity index (χ0n) is 19.0. The second-order valence-electron chi connectivity index (χ2n) is 9.00. The Kier molecular flexibility index (Phi) is 5.71. The summed E-state index contributed by atoms with van der Waals surface area (Å²) in [5, 5.41) is 6.33. The van der Waals surface area contributed by atoms with E-state index in [-0.39, 0.29) is 23.9 Å². The van der Waals surface area contributed by atoms with Crippen molar-refractivity contribution in [1.29, 1.82) is 0 Å². The quantitative estimate of drug-likeness (QED) is 0.468. The summed E-state index contributed by atoms with van der Waals surface area (Å²) in [5.74, 6) is 0.00748. The Bertz CT molecular complexity index is 1370. The van der Waals surface area contributed by atoms with Gasteiger partial charge in [-0.25, -0.2) is 15.0 Å². The number of thiazole rings is 1. The number of benzene rings is 2. The lowest BCUT2D eigenvalue weighted by Crippen LogP contribution is -2.62. The summed E-state index contributed by atoms with van der Waals surface area (Å²) in [5.41, 5.74) is 5.48. The third-order valence-corrected chi connectivity index (χ3v) is 7.28. The Morgan fingerprint density at radius 2 is 1.74 bits per heavy atom. The monoisotopic (exact) mass is 484 g/mol. The minimum atomic E-state index is -0.00324. The molecule has 2 aliphatic heterocycles. The molecular weight excluding hydrogens is 460 g/mol. The van der Waals surface area contributed by atoms with Gasteiger partial charge >= 0.3 is 0 Å². The van der Waals surface area contributed by atoms with Gasteiger partial charge in [0.05, 0.1) is 16.7 Å². The number of carbonyl (C=O) groups is 2. The standard InChI is InChI=1S/C26H24N6O2S/c33-25(18-6-7-21-22(10-18)27-15-28-24(21)17-4-2-1-3-5-17)32-12-20(13-32)30-19-8-9-31(11-19)26(34)23-14-35-16-29-23/h1-7,10,14-16,19-20,30H,8-9,11-13H2/t19-/m0/s1. The van der Waals surface area contributed by atoms with Crippen LogP contribution in [-0.2, 0) is 0 Å². The summed E-state index contributed by atoms with van der Waals surface area (Å²) in [6, 6.07) is 16.1. The van der Waals surface area contributed by atoms with Crippen LogP contribution in [0.4, 0.5) is 0 Å². The molecule has 2 aromatic heterocycles. The fraction of sp³-hybridized carbons (Fsp3) is 0.269. The first-order chi connectivity index (χ1) is 17.2. The fourth-order valence-corrected chi connectivity index (χ4v) is 5.37. The van der Waals surface area contributed by atoms with Crippen LogP contribution in [0, 0.1) is 0 Å². The van der Waals surface area contributed by atoms with Crippen molar-refractivity contribution < 1.29 is 9.59 Å². The van der Waals surface area contributed by atoms with Crippen molar-refractivity contribution in [2.24, 2.45) is 0 Å². The Morgan fingerprint density at radius 3 is 2.54 bits per heavy atom. The largest absolute Gasteiger partial charge is 0.336 e. The molecule has 2 fully saturated rings. The molecule has 0 aliphatic carbocycles. The van der Waals surface area contributed by atoms with Crippen LogP contribution in [0.15, 0.2) is 65.7 Å². The van der Waals surface area contributed by atoms with Crippen LogP contribution in [0.1, 0.15) is 27.3 Å². The maximum Gasteiger partial charge on any atom is 0.273 e. The summed E-state index contributed by atoms with van der Waals surface area (Å²) in [6.07, 6.45) is 2.46. The summed E-state index contributed by atoms with van der Waals surface area (Å²) in [7, 11) is 0. The van der Waals surface area contributed by atoms with E-state index in [1.54, 1.807) is 17.2 Å². The lowest BCUT2D eigenvalue weighted by Gasteiger charge is -2.41. The van der Waals surface area contributed by atoms with E-state index in [4.69, 9.17) is 0 Å². The molecule has 2 aromatic carbocycles. The molecule has 6 rings (SSSR count). The van der Waals surface area contributed by atoms with Gasteiger partial charge in [-0.3, -0.25) is 9.59 Å². The van der Waals surface area contributed by atoms with Gasteiger partial charge in [-0.05, 0) is 24.6 Å². The molecule has 4 aromatic rings. The van der Waals surface area contributed by atoms with E-state index in [1.807, 2.05) is 58.3 Å². The molecule has 0 bridgehead atoms. The first-order valence-corrected chi connectivity index (χ1v) is 12.6. The van der Waals surface area contributed by atoms with Crippen LogP contribution in [-0.4, -0.2) is 74.8 Å². The minimum Gasteiger partial charge on any atom is -0.336 e. The highest BCUT2D eigenvalue weighted by Crippen LogP contribution is 2.26. The van der Waals surface area contributed by atoms with Crippen LogP contribution in [0.3, 0.4) is 0 Å². The van der Waals surface area contributed by atoms with Gasteiger partial charge in [0.15, 0.2) is 0 Å². The van der Waals surface area contributed by atoms with Crippen LogP contribution in [0.2, 0.25) is 0 Å². The van der Waals surface area contributed by atoms with E-state index >= 15 is 0 Å². The summed E-state index contributed by atoms with van der Waals surface area (Å²) in [6.45, 7) is 2.72. The number of fused-ring (bicyclic) bond motifs is 1. The highest BCUT2D eigenvalue weighted by molar-refractivity contribution is 7.07. The Balaban J connectivity index is 1.07. The third-order valence-electron chi connectivity index (χ3n) is 6.70. The normalized spacial score (nSPS) is 18.1. The van der Waals surface area contributed by atoms with Gasteiger partial charge in [-0.2, -0.15) is 0 Å². The highest BCUT2D eigenvalue weighted by atomic mass is 32.1. The summed E-state index contributed by atoms with van der Waals surface area (Å²) >= 11 is 1.43. The molecule has 0 unspecified atom stereocenters. The average molecular weight is 485 g/mol. The number of aromatic nitrogens is 3. The van der Waals surface area contributed by atoms with Crippen molar-refractivity contribution in [2.75, 3.05) is 26.2 Å². The predicted molar refractivity (Wildman–Crippen MR) is 134 cm³/mol. The zero-order valence-corrected chi connectivity index (χ0v) is 19.8. The number of nitrogens with one attached hydrogen (secondary N) is 1. The summed E-state index contributed by atoms with van der Waals surface area (Å²) < 4.78 is 0. The van der Waals surface area contributed by atoms with Gasteiger partial charge in [0.1, 0.15) is 12.0 Å². The molecule has 2 aliphatic rings. The van der Waals surface area contributed by atoms with Crippen LogP contribution < -0.4 is 5.32 Å². The molecular formula is C26H24N6O2S. The lowest BCUT2D eigenvalue weighted by atomic mass is 10.0. The molecule has 35 heavy (non-hydrogen) atoms. The SMILES string of the molecule is O=C(c1ccc2c(-c3ccccc3)ncnc2c1)N1CC(N[C@H]2CCN(C(=O)c3cscn3)C2)C1. The number of amides is 2. The minimum absolute atomic E-state index is 0.00324. The van der Waals surface area contributed by atoms with Crippen LogP contribution >= 0.6 is 11.3 Å². The number of rotatable bonds is 5. The van der Waals surface area contributed by atoms with E-state index in [0.29, 0.717) is 30.9 Å². The van der Waals surface area contributed by atoms with Gasteiger partial charge in [0, 0.05) is 60.2 Å². The third kappa shape index (κ3) is 4.28. The number of hydrogen-bond donors (Lipinski definition) is 1. The number of nitrogens with zero attached hydrogens (tertiary/aromatic N) is 5. The van der Waals surface area contributed by atoms with Gasteiger partial charge in [0.25, 0.3) is 11.8 Å². The molecule has 8 nitrogen and oxygen atoms in total. The Hall–Kier alpha value is -3.69. The molecule has 4 heterocycles. The maximum atomic E-state index is 13.1. The zero-order chi connectivity index (χ0) is 23.8. The van der Waals surface area contributed by atoms with E-state index in [9.17, 15) is 9.59 Å². The Morgan fingerprint density at radius 1 is 0.914 bits per heavy atom. The van der Waals surface area contributed by atoms with Gasteiger partial charge < -0.3 is 15.1 Å². The predicted octanol–water partition coefficient (Wildman–Crippen LogP) is 3.08. The molecule has 1 atom stereocenters. The van der Waals surface area contributed by atoms with Crippen LogP contribution in [0.5, 0.6) is 0 Å². The van der Waals surface area contributed by atoms with Crippen molar-refractivity contribution in [3.05, 3.63) is 77.0 Å². The average Bonchev–Trinajstić information content (AvgIpc) is 3.58. The second kappa shape index (κ2) is 9.16. The van der Waals surface area contributed by atoms with Gasteiger partial charge in [0.2, 0.25) is 0 Å². The van der Waals surface area contributed by atoms with Gasteiger partial charge in [-0.15, -0.1) is 11.3 Å². The number of hydrogen-bond acceptors (Lipinski definition) is 7. The summed E-state index contributed by atoms with van der Waals surface area (Å²) in [4.78, 5) is 42.3. The van der Waals surface area contributed by atoms with E-state index in [1.165, 1.54) is 11.3 Å². The molecule has 1 N–H and O–H groups in total. The maximum absolute atomic E-state index is 13.1. The van der Waals surface area contributed by atoms with Crippen molar-refractivity contribution in [1.82, 2.24) is 30.1 Å². The Labute approximate surface area is 206 Å². The molecule has 2 amide bonds. The smallest absolute Gasteiger partial charge is 0.273 e. The van der Waals surface area contributed by atoms with Crippen molar-refractivity contribution >= 4 is 34.1 Å². The van der Waals surface area contributed by atoms with Crippen molar-refractivity contribution in [3.8, 4) is 11.3 Å². The van der Waals surface area contributed by atoms with Gasteiger partial charge in [-0.1, -0.05) is 30.3 Å². The van der Waals surface area contributed by atoms with E-state index in [2.05, 4.69) is 20.3 Å². The molecule has 0 radical (unpaired) electrons. The second-order valence-corrected chi connectivity index (χ2v) is 9.72. The molecule has 0 saturated carbocycles. The molecule has 0 spiro atoms. The first kappa shape index (κ1) is 21.8. The molecule has 2 saturated heterocycles. The first-order valence-electron chi connectivity index (χ1n) is 11.7.